The van der Waals surface area contributed by atoms with Crippen molar-refractivity contribution in [3.05, 3.63) is 320 Å². The summed E-state index contributed by atoms with van der Waals surface area (Å²) < 4.78 is 4.43. The molecule has 8 aromatic rings. The number of carboxylic acid groups (broad SMARTS) is 3. The van der Waals surface area contributed by atoms with Crippen molar-refractivity contribution in [1.82, 2.24) is 19.8 Å². The second kappa shape index (κ2) is 75.2. The van der Waals surface area contributed by atoms with E-state index in [0.717, 1.165) is 185 Å². The van der Waals surface area contributed by atoms with Gasteiger partial charge in [0.1, 0.15) is 17.8 Å². The standard InChI is InChI=1S/C18H25NO2.C15H21NO2.C15H21N.C13H16O2.C13H14O2.C13H16O.C9H11Cl.C6H11NO.C6H6O2.C5H8O2.CH4.CH3.K.H2O.Rh/c20-18(21)16-13-15(10-9-14-7-3-1-4-8-14)17(16)19-11-5-2-6-12-19;1-16(18-2)15(17)14-10-13(11-14)9-8-12-6-4-3-5-7-12;1-3-9-15(10-4-1)11-5-8-14-16-12-6-2-7-13-16;2*14-13(15)12-8-11(9-12)7-6-10-4-2-1-3-5-10;14-10-13-8-12(9-13)7-6-11-4-2-1-3-5-11;10-8-4-7-9-5-2-1-3-6-9;8-6-7-4-2-1-3-5-7;7-5-1-2-6(8)4-3-5;1-3-5(6)7-4-2;;;;;/h1,3-4,7-8,15-17H,2,5-6,9-13H2,(H,20,21);3-7,13-14H,8-11H2,1-2H3;1,3-4,8-10,14H,2,5-7,11-13H2;1-5,11-12H,6-9H2,(H,14,15);1-5,8,11H,6-7,9H2,(H,14,15);1-5,10,12-13H,6-9H2;1-3,5-6H,4,7-8H2;6H,1-5H2;1-4,7-8H;3H,1,4H2,2H3;1H4;1H3;;1H2;/q;;;;;;;;;;;-1;+1;;/p-1/b;;14-8+;;;;;;;;;;;;. The Balaban J connectivity index is 0.000000521. The Morgan fingerprint density at radius 3 is 1.18 bits per heavy atom. The summed E-state index contributed by atoms with van der Waals surface area (Å²) >= 11 is 5.55. The van der Waals surface area contributed by atoms with Gasteiger partial charge < -0.3 is 57.8 Å². The monoisotopic (exact) mass is 2010 g/mol. The van der Waals surface area contributed by atoms with Crippen molar-refractivity contribution < 1.29 is 145 Å². The average Bonchev–Trinajstić information content (AvgIpc) is 0.772. The van der Waals surface area contributed by atoms with Crippen LogP contribution in [0.25, 0.3) is 0 Å². The number of aldehydes is 1. The number of phenolic OH excluding ortho intramolecular Hbond substituents is 2. The molecule has 0 aromatic heterocycles. The first-order valence-electron chi connectivity index (χ1n) is 48.4. The third kappa shape index (κ3) is 51.9. The topological polar surface area (TPSA) is 282 Å². The molecule has 22 heteroatoms. The average molecular weight is 2010 g/mol. The molecule has 3 saturated heterocycles. The van der Waals surface area contributed by atoms with E-state index in [4.69, 9.17) is 36.9 Å². The molecule has 19 nitrogen and oxygen atoms in total. The molecule has 137 heavy (non-hydrogen) atoms. The van der Waals surface area contributed by atoms with E-state index in [1.807, 2.05) is 53.4 Å². The molecule has 4 saturated carbocycles. The number of carboxylic acids is 3. The first-order valence-corrected chi connectivity index (χ1v) is 48.9. The zero-order valence-electron chi connectivity index (χ0n) is 81.4. The number of aliphatic carboxylic acids is 3. The molecule has 2 amide bonds. The van der Waals surface area contributed by atoms with Gasteiger partial charge in [0.2, 0.25) is 12.3 Å². The van der Waals surface area contributed by atoms with Crippen molar-refractivity contribution in [3.8, 4) is 11.5 Å². The number of hydrogen-bond acceptors (Lipinski definition) is 14. The third-order valence-electron chi connectivity index (χ3n) is 25.8. The van der Waals surface area contributed by atoms with E-state index in [2.05, 4.69) is 203 Å². The molecule has 7 fully saturated rings. The molecule has 4 atom stereocenters. The predicted octanol–water partition coefficient (Wildman–Crippen LogP) is 20.9. The number of rotatable bonds is 32. The van der Waals surface area contributed by atoms with Gasteiger partial charge in [0.25, 0.3) is 0 Å². The number of ether oxygens (including phenoxy) is 1. The summed E-state index contributed by atoms with van der Waals surface area (Å²) in [6.07, 6.45) is 44.6. The maximum atomic E-state index is 11.8. The fourth-order valence-corrected chi connectivity index (χ4v) is 17.7. The number of piperidine rings is 3. The van der Waals surface area contributed by atoms with Crippen molar-refractivity contribution in [1.29, 1.82) is 0 Å². The zero-order chi connectivity index (χ0) is 94.6. The van der Waals surface area contributed by atoms with Gasteiger partial charge in [-0.25, -0.2) is 14.7 Å². The fraction of sp³-hybridized carbons (Fsp3) is 0.461. The number of hydrogen-bond donors (Lipinski definition) is 5. The molecule has 0 spiro atoms. The Morgan fingerprint density at radius 2 is 0.839 bits per heavy atom. The number of aromatic hydroxyl groups is 2. The van der Waals surface area contributed by atoms with Crippen molar-refractivity contribution >= 4 is 54.1 Å². The number of carbonyl (C=O) groups excluding carboxylic acids is 4. The van der Waals surface area contributed by atoms with Crippen LogP contribution in [0.3, 0.4) is 0 Å². The van der Waals surface area contributed by atoms with Gasteiger partial charge in [-0.15, -0.1) is 11.6 Å². The zero-order valence-corrected chi connectivity index (χ0v) is 86.9. The predicted molar refractivity (Wildman–Crippen MR) is 546 cm³/mol. The smallest absolute Gasteiger partial charge is 0.870 e. The third-order valence-corrected chi connectivity index (χ3v) is 26.0. The Morgan fingerprint density at radius 1 is 0.482 bits per heavy atom. The van der Waals surface area contributed by atoms with Crippen LogP contribution in [-0.2, 0) is 108 Å². The van der Waals surface area contributed by atoms with Gasteiger partial charge in [0.05, 0.1) is 25.6 Å². The van der Waals surface area contributed by atoms with Crippen LogP contribution in [0.4, 0.5) is 0 Å². The number of alkyl halides is 1. The van der Waals surface area contributed by atoms with E-state index < -0.39 is 17.9 Å². The quantitative estimate of drug-likeness (QED) is 0.00383. The molecule has 3 aliphatic heterocycles. The molecule has 4 unspecified atom stereocenters. The van der Waals surface area contributed by atoms with Crippen LogP contribution >= 0.6 is 11.6 Å². The van der Waals surface area contributed by atoms with E-state index in [-0.39, 0.29) is 138 Å². The second-order valence-corrected chi connectivity index (χ2v) is 36.1. The van der Waals surface area contributed by atoms with Crippen LogP contribution in [0, 0.1) is 60.7 Å². The van der Waals surface area contributed by atoms with Gasteiger partial charge in [-0.3, -0.25) is 28.9 Å². The molecule has 3 heterocycles. The fourth-order valence-electron chi connectivity index (χ4n) is 17.6. The number of amides is 2. The molecular formula is C115H157ClKN4O15Rh-. The summed E-state index contributed by atoms with van der Waals surface area (Å²) in [6.45, 7) is 12.0. The molecule has 6 N–H and O–H groups in total. The van der Waals surface area contributed by atoms with Gasteiger partial charge in [-0.1, -0.05) is 245 Å². The largest absolute Gasteiger partial charge is 1.00 e. The van der Waals surface area contributed by atoms with Crippen LogP contribution in [0.2, 0.25) is 0 Å². The summed E-state index contributed by atoms with van der Waals surface area (Å²) in [6, 6.07) is 79.5. The first-order chi connectivity index (χ1) is 64.3. The van der Waals surface area contributed by atoms with Crippen LogP contribution < -0.4 is 51.4 Å². The molecule has 5 aliphatic carbocycles. The van der Waals surface area contributed by atoms with Gasteiger partial charge in [0.15, 0.2) is 0 Å². The van der Waals surface area contributed by atoms with Gasteiger partial charge in [0, 0.05) is 88.1 Å². The molecular weight excluding hydrogens is 1850 g/mol. The van der Waals surface area contributed by atoms with E-state index in [0.29, 0.717) is 41.8 Å². The number of likely N-dealkylation sites (tertiary alicyclic amines) is 3. The Hall–Kier alpha value is -8.70. The molecule has 16 rings (SSSR count). The summed E-state index contributed by atoms with van der Waals surface area (Å²) in [5.41, 5.74) is 10.3. The van der Waals surface area contributed by atoms with Gasteiger partial charge in [-0.05, 0) is 312 Å². The Bertz CT molecular complexity index is 4500. The van der Waals surface area contributed by atoms with Crippen LogP contribution in [-0.4, -0.2) is 165 Å². The summed E-state index contributed by atoms with van der Waals surface area (Å²) in [7, 11) is 3.21. The van der Waals surface area contributed by atoms with Gasteiger partial charge >= 0.3 is 75.3 Å². The number of benzene rings is 8. The Kier molecular flexibility index (Phi) is 68.3. The molecule has 8 aromatic carbocycles. The molecule has 8 aliphatic rings. The van der Waals surface area contributed by atoms with Crippen molar-refractivity contribution in [2.75, 3.05) is 65.9 Å². The van der Waals surface area contributed by atoms with E-state index in [9.17, 15) is 38.7 Å². The Labute approximate surface area is 880 Å². The number of hydroxylamine groups is 2. The normalized spacial score (nSPS) is 19.7. The number of aryl methyl sites for hydroxylation is 7. The summed E-state index contributed by atoms with van der Waals surface area (Å²) in [4.78, 5) is 86.6. The van der Waals surface area contributed by atoms with Crippen molar-refractivity contribution in [3.63, 3.8) is 0 Å². The van der Waals surface area contributed by atoms with E-state index in [1.54, 1.807) is 14.0 Å². The number of allylic oxidation sites excluding steroid dienone is 2. The number of halogens is 1. The summed E-state index contributed by atoms with van der Waals surface area (Å²) in [5, 5.41) is 45.5. The summed E-state index contributed by atoms with van der Waals surface area (Å²) in [5.74, 6) is 2.39. The molecule has 745 valence electrons. The number of nitrogens with zero attached hydrogens (tertiary/aromatic N) is 4. The number of esters is 1. The number of carbonyl (C=O) groups is 7. The molecule has 0 bridgehead atoms. The van der Waals surface area contributed by atoms with E-state index >= 15 is 0 Å². The SMILES string of the molecule is C.C(=C\N1CCCCC1)/CCc1ccccc1.C=CC(=O)OCC.CON(C)C(=O)C1CC(CCc2ccccc2)C1.ClCCCc1ccccc1.O=C(O)C1=CC(CCc2ccccc2)C1.O=C(O)C1CC(CCc2ccccc2)C1.O=C(O)C1CC(CCc2ccccc2)C1N1CCCCC1.O=CC1CC(CCc2ccccc2)C1.O=CN1CCCCC1.Oc1ccc(O)cc1.[CH3-].[K+].[OH-].[Rh]. The maximum absolute atomic E-state index is 11.8. The first kappa shape index (κ1) is 124. The minimum atomic E-state index is -0.758. The minimum absolute atomic E-state index is 0. The van der Waals surface area contributed by atoms with E-state index in [1.165, 1.54) is 159 Å². The van der Waals surface area contributed by atoms with Crippen LogP contribution in [0.1, 0.15) is 207 Å². The van der Waals surface area contributed by atoms with Crippen LogP contribution in [0.5, 0.6) is 11.5 Å². The van der Waals surface area contributed by atoms with Crippen LogP contribution in [0.15, 0.2) is 273 Å². The minimum Gasteiger partial charge on any atom is -0.870 e. The van der Waals surface area contributed by atoms with Crippen molar-refractivity contribution in [2.45, 2.75) is 219 Å². The number of phenols is 2. The van der Waals surface area contributed by atoms with Gasteiger partial charge in [-0.2, -0.15) is 0 Å². The van der Waals surface area contributed by atoms with Crippen molar-refractivity contribution in [2.24, 2.45) is 53.3 Å². The second-order valence-electron chi connectivity index (χ2n) is 35.7. The molecule has 1 radical (unpaired) electrons. The maximum Gasteiger partial charge on any atom is 1.00 e.